The van der Waals surface area contributed by atoms with Gasteiger partial charge in [0.25, 0.3) is 5.56 Å². The number of anilines is 1. The number of para-hydroxylation sites is 1. The van der Waals surface area contributed by atoms with Gasteiger partial charge in [-0.05, 0) is 30.5 Å². The minimum atomic E-state index is -0.230. The average molecular weight is 319 g/mol. The van der Waals surface area contributed by atoms with Gasteiger partial charge in [0, 0.05) is 17.6 Å². The van der Waals surface area contributed by atoms with E-state index in [1.807, 2.05) is 36.4 Å². The first-order valence-electron chi connectivity index (χ1n) is 8.07. The predicted octanol–water partition coefficient (Wildman–Crippen LogP) is 2.38. The number of carbonyl (C=O) groups is 1. The molecule has 3 aromatic rings. The number of aromatic nitrogens is 2. The van der Waals surface area contributed by atoms with E-state index in [0.717, 1.165) is 23.9 Å². The first-order valence-corrected chi connectivity index (χ1v) is 8.07. The quantitative estimate of drug-likeness (QED) is 0.729. The van der Waals surface area contributed by atoms with Crippen molar-refractivity contribution in [2.24, 2.45) is 0 Å². The van der Waals surface area contributed by atoms with E-state index in [1.165, 1.54) is 10.2 Å². The van der Waals surface area contributed by atoms with E-state index in [9.17, 15) is 9.59 Å². The van der Waals surface area contributed by atoms with Crippen molar-refractivity contribution in [2.45, 2.75) is 19.4 Å². The van der Waals surface area contributed by atoms with Crippen molar-refractivity contribution >= 4 is 22.4 Å². The highest BCUT2D eigenvalue weighted by molar-refractivity contribution is 5.94. The Kier molecular flexibility index (Phi) is 3.61. The number of rotatable bonds is 2. The molecule has 1 aliphatic heterocycles. The zero-order valence-corrected chi connectivity index (χ0v) is 13.2. The van der Waals surface area contributed by atoms with Gasteiger partial charge in [-0.2, -0.15) is 5.10 Å². The van der Waals surface area contributed by atoms with Gasteiger partial charge in [0.15, 0.2) is 0 Å². The van der Waals surface area contributed by atoms with Crippen LogP contribution in [0.3, 0.4) is 0 Å². The van der Waals surface area contributed by atoms with Crippen LogP contribution in [0.25, 0.3) is 10.8 Å². The molecule has 0 spiro atoms. The Hall–Kier alpha value is -2.95. The van der Waals surface area contributed by atoms with Crippen molar-refractivity contribution in [3.8, 4) is 0 Å². The molecule has 0 N–H and O–H groups in total. The number of carbonyl (C=O) groups excluding carboxylic acids is 1. The molecule has 5 heteroatoms. The predicted molar refractivity (Wildman–Crippen MR) is 93.1 cm³/mol. The molecule has 0 bridgehead atoms. The summed E-state index contributed by atoms with van der Waals surface area (Å²) in [6.07, 6.45) is 3.55. The minimum Gasteiger partial charge on any atom is -0.311 e. The molecular formula is C19H17N3O2. The molecule has 0 saturated heterocycles. The number of benzene rings is 2. The molecule has 0 atom stereocenters. The van der Waals surface area contributed by atoms with E-state index >= 15 is 0 Å². The van der Waals surface area contributed by atoms with Crippen LogP contribution in [0.2, 0.25) is 0 Å². The van der Waals surface area contributed by atoms with Gasteiger partial charge in [0.2, 0.25) is 5.91 Å². The van der Waals surface area contributed by atoms with Gasteiger partial charge in [-0.15, -0.1) is 0 Å². The molecule has 5 nitrogen and oxygen atoms in total. The first-order chi connectivity index (χ1) is 11.7. The van der Waals surface area contributed by atoms with E-state index in [4.69, 9.17) is 0 Å². The Bertz CT molecular complexity index is 978. The van der Waals surface area contributed by atoms with Gasteiger partial charge in [-0.1, -0.05) is 36.4 Å². The number of aryl methyl sites for hydroxylation is 1. The van der Waals surface area contributed by atoms with Crippen LogP contribution < -0.4 is 10.5 Å². The molecule has 1 aliphatic rings. The van der Waals surface area contributed by atoms with Crippen molar-refractivity contribution in [2.75, 3.05) is 11.4 Å². The van der Waals surface area contributed by atoms with Crippen LogP contribution in [0.15, 0.2) is 59.5 Å². The van der Waals surface area contributed by atoms with Gasteiger partial charge in [0.05, 0.1) is 11.6 Å². The third-order valence-corrected chi connectivity index (χ3v) is 4.46. The zero-order valence-electron chi connectivity index (χ0n) is 13.2. The average Bonchev–Trinajstić information content (AvgIpc) is 2.63. The lowest BCUT2D eigenvalue weighted by atomic mass is 10.0. The normalized spacial score (nSPS) is 13.8. The largest absolute Gasteiger partial charge is 0.311 e. The molecule has 0 aliphatic carbocycles. The second-order valence-electron chi connectivity index (χ2n) is 5.97. The van der Waals surface area contributed by atoms with Gasteiger partial charge >= 0.3 is 0 Å². The molecule has 120 valence electrons. The number of hydrogen-bond acceptors (Lipinski definition) is 3. The summed E-state index contributed by atoms with van der Waals surface area (Å²) in [5.41, 5.74) is 1.89. The summed E-state index contributed by atoms with van der Waals surface area (Å²) < 4.78 is 1.25. The molecule has 1 amide bonds. The van der Waals surface area contributed by atoms with E-state index in [-0.39, 0.29) is 18.0 Å². The lowest BCUT2D eigenvalue weighted by Gasteiger charge is -2.29. The summed E-state index contributed by atoms with van der Waals surface area (Å²) in [5.74, 6) is -0.105. The topological polar surface area (TPSA) is 55.2 Å². The molecular weight excluding hydrogens is 302 g/mol. The number of hydrogen-bond donors (Lipinski definition) is 0. The summed E-state index contributed by atoms with van der Waals surface area (Å²) in [7, 11) is 0. The van der Waals surface area contributed by atoms with E-state index in [2.05, 4.69) is 11.2 Å². The van der Waals surface area contributed by atoms with Crippen molar-refractivity contribution < 1.29 is 4.79 Å². The van der Waals surface area contributed by atoms with Crippen molar-refractivity contribution in [1.29, 1.82) is 0 Å². The third kappa shape index (κ3) is 2.48. The van der Waals surface area contributed by atoms with Crippen LogP contribution in [0.4, 0.5) is 5.69 Å². The summed E-state index contributed by atoms with van der Waals surface area (Å²) >= 11 is 0. The van der Waals surface area contributed by atoms with Gasteiger partial charge in [-0.25, -0.2) is 4.68 Å². The molecule has 0 saturated carbocycles. The van der Waals surface area contributed by atoms with Crippen molar-refractivity contribution in [3.05, 3.63) is 70.6 Å². The highest BCUT2D eigenvalue weighted by atomic mass is 16.2. The summed E-state index contributed by atoms with van der Waals surface area (Å²) in [4.78, 5) is 27.0. The molecule has 2 heterocycles. The number of fused-ring (bicyclic) bond motifs is 2. The Labute approximate surface area is 139 Å². The van der Waals surface area contributed by atoms with E-state index < -0.39 is 0 Å². The fourth-order valence-electron chi connectivity index (χ4n) is 3.25. The molecule has 0 radical (unpaired) electrons. The Balaban J connectivity index is 1.66. The van der Waals surface area contributed by atoms with Crippen molar-refractivity contribution in [1.82, 2.24) is 9.78 Å². The smallest absolute Gasteiger partial charge is 0.275 e. The first kappa shape index (κ1) is 14.6. The van der Waals surface area contributed by atoms with Crippen LogP contribution in [-0.2, 0) is 17.8 Å². The highest BCUT2D eigenvalue weighted by Gasteiger charge is 2.22. The van der Waals surface area contributed by atoms with E-state index in [1.54, 1.807) is 17.2 Å². The lowest BCUT2D eigenvalue weighted by molar-refractivity contribution is -0.119. The maximum absolute atomic E-state index is 12.7. The molecule has 0 unspecified atom stereocenters. The second-order valence-corrected chi connectivity index (χ2v) is 5.97. The third-order valence-electron chi connectivity index (χ3n) is 4.46. The summed E-state index contributed by atoms with van der Waals surface area (Å²) in [6.45, 7) is 0.635. The number of amides is 1. The van der Waals surface area contributed by atoms with Crippen molar-refractivity contribution in [3.63, 3.8) is 0 Å². The molecule has 2 aromatic carbocycles. The van der Waals surface area contributed by atoms with Crippen LogP contribution in [-0.4, -0.2) is 22.2 Å². The molecule has 24 heavy (non-hydrogen) atoms. The highest BCUT2D eigenvalue weighted by Crippen LogP contribution is 2.26. The maximum atomic E-state index is 12.7. The van der Waals surface area contributed by atoms with Crippen LogP contribution in [0.1, 0.15) is 12.0 Å². The molecule has 4 rings (SSSR count). The summed E-state index contributed by atoms with van der Waals surface area (Å²) in [6, 6.07) is 15.2. The zero-order chi connectivity index (χ0) is 16.5. The number of nitrogens with zero attached hydrogens (tertiary/aromatic N) is 3. The maximum Gasteiger partial charge on any atom is 0.275 e. The second kappa shape index (κ2) is 5.92. The van der Waals surface area contributed by atoms with Gasteiger partial charge < -0.3 is 4.90 Å². The Morgan fingerprint density at radius 2 is 1.88 bits per heavy atom. The fraction of sp³-hybridized carbons (Fsp3) is 0.211. The monoisotopic (exact) mass is 319 g/mol. The van der Waals surface area contributed by atoms with Crippen LogP contribution >= 0.6 is 0 Å². The van der Waals surface area contributed by atoms with Crippen LogP contribution in [0, 0.1) is 0 Å². The molecule has 0 fully saturated rings. The lowest BCUT2D eigenvalue weighted by Crippen LogP contribution is -2.40. The minimum absolute atomic E-state index is 0.0436. The summed E-state index contributed by atoms with van der Waals surface area (Å²) in [5, 5.41) is 5.52. The van der Waals surface area contributed by atoms with E-state index in [0.29, 0.717) is 11.9 Å². The fourth-order valence-corrected chi connectivity index (χ4v) is 3.25. The SMILES string of the molecule is O=C(Cn1ncc2ccccc2c1=O)N1CCCc2ccccc21. The van der Waals surface area contributed by atoms with Gasteiger partial charge in [-0.3, -0.25) is 9.59 Å². The Morgan fingerprint density at radius 1 is 1.08 bits per heavy atom. The standard InChI is InChI=1S/C19H17N3O2/c23-18(21-11-5-8-14-6-2-4-10-17(14)21)13-22-19(24)16-9-3-1-7-15(16)12-20-22/h1-4,6-7,9-10,12H,5,8,11,13H2. The molecule has 1 aromatic heterocycles. The van der Waals surface area contributed by atoms with Crippen LogP contribution in [0.5, 0.6) is 0 Å². The Morgan fingerprint density at radius 3 is 2.79 bits per heavy atom. The van der Waals surface area contributed by atoms with Gasteiger partial charge in [0.1, 0.15) is 6.54 Å².